The molecule has 0 aromatic heterocycles. The van der Waals surface area contributed by atoms with E-state index in [1.165, 1.54) is 5.56 Å². The fourth-order valence-electron chi connectivity index (χ4n) is 2.55. The summed E-state index contributed by atoms with van der Waals surface area (Å²) in [6.07, 6.45) is 0.854. The number of likely N-dealkylation sites (N-methyl/N-ethyl adjacent to an activating group) is 1. The van der Waals surface area contributed by atoms with Crippen molar-refractivity contribution in [3.8, 4) is 0 Å². The SMILES string of the molecule is CCN(CC(=O)N1CCN(C=O)CC1)c1cccc(C)c1. The number of anilines is 1. The third-order valence-corrected chi connectivity index (χ3v) is 3.89. The van der Waals surface area contributed by atoms with Gasteiger partial charge in [0, 0.05) is 38.4 Å². The lowest BCUT2D eigenvalue weighted by Crippen LogP contribution is -2.50. The van der Waals surface area contributed by atoms with Crippen LogP contribution in [0.25, 0.3) is 0 Å². The topological polar surface area (TPSA) is 43.9 Å². The van der Waals surface area contributed by atoms with Crippen molar-refractivity contribution in [3.05, 3.63) is 29.8 Å². The average molecular weight is 289 g/mol. The monoisotopic (exact) mass is 289 g/mol. The maximum Gasteiger partial charge on any atom is 0.242 e. The van der Waals surface area contributed by atoms with E-state index < -0.39 is 0 Å². The van der Waals surface area contributed by atoms with E-state index in [0.29, 0.717) is 32.7 Å². The Labute approximate surface area is 126 Å². The Bertz CT molecular complexity index is 496. The van der Waals surface area contributed by atoms with Crippen molar-refractivity contribution in [2.75, 3.05) is 44.2 Å². The number of aryl methyl sites for hydroxylation is 1. The molecule has 1 fully saturated rings. The first-order valence-electron chi connectivity index (χ1n) is 7.42. The van der Waals surface area contributed by atoms with Gasteiger partial charge in [-0.1, -0.05) is 12.1 Å². The molecule has 0 N–H and O–H groups in total. The summed E-state index contributed by atoms with van der Waals surface area (Å²) in [5.74, 6) is 0.129. The van der Waals surface area contributed by atoms with Crippen molar-refractivity contribution in [3.63, 3.8) is 0 Å². The summed E-state index contributed by atoms with van der Waals surface area (Å²) in [5.41, 5.74) is 2.27. The van der Waals surface area contributed by atoms with Crippen LogP contribution in [0.3, 0.4) is 0 Å². The average Bonchev–Trinajstić information content (AvgIpc) is 2.52. The molecule has 0 aliphatic carbocycles. The Kier molecular flexibility index (Phi) is 5.20. The third kappa shape index (κ3) is 3.97. The van der Waals surface area contributed by atoms with Crippen LogP contribution in [-0.4, -0.2) is 61.4 Å². The minimum atomic E-state index is 0.129. The van der Waals surface area contributed by atoms with Crippen molar-refractivity contribution in [2.24, 2.45) is 0 Å². The molecule has 5 heteroatoms. The molecule has 1 aromatic carbocycles. The molecule has 5 nitrogen and oxygen atoms in total. The normalized spacial score (nSPS) is 15.0. The lowest BCUT2D eigenvalue weighted by Gasteiger charge is -2.34. The van der Waals surface area contributed by atoms with Gasteiger partial charge < -0.3 is 14.7 Å². The van der Waals surface area contributed by atoms with Crippen LogP contribution < -0.4 is 4.90 Å². The smallest absolute Gasteiger partial charge is 0.242 e. The van der Waals surface area contributed by atoms with Crippen LogP contribution in [0, 0.1) is 6.92 Å². The summed E-state index contributed by atoms with van der Waals surface area (Å²) in [6, 6.07) is 8.20. The number of carbonyl (C=O) groups excluding carboxylic acids is 2. The van der Waals surface area contributed by atoms with E-state index in [9.17, 15) is 9.59 Å². The van der Waals surface area contributed by atoms with E-state index in [4.69, 9.17) is 0 Å². The second kappa shape index (κ2) is 7.11. The number of carbonyl (C=O) groups is 2. The Morgan fingerprint density at radius 1 is 1.29 bits per heavy atom. The van der Waals surface area contributed by atoms with Crippen LogP contribution in [0.5, 0.6) is 0 Å². The third-order valence-electron chi connectivity index (χ3n) is 3.89. The van der Waals surface area contributed by atoms with Gasteiger partial charge in [0.15, 0.2) is 0 Å². The predicted octanol–water partition coefficient (Wildman–Crippen LogP) is 1.12. The number of hydrogen-bond acceptors (Lipinski definition) is 3. The maximum atomic E-state index is 12.4. The van der Waals surface area contributed by atoms with Gasteiger partial charge in [-0.15, -0.1) is 0 Å². The number of benzene rings is 1. The summed E-state index contributed by atoms with van der Waals surface area (Å²) in [4.78, 5) is 28.7. The molecule has 114 valence electrons. The molecule has 0 radical (unpaired) electrons. The van der Waals surface area contributed by atoms with E-state index in [2.05, 4.69) is 30.9 Å². The molecule has 0 atom stereocenters. The van der Waals surface area contributed by atoms with Crippen molar-refractivity contribution in [1.82, 2.24) is 9.80 Å². The van der Waals surface area contributed by atoms with Crippen LogP contribution >= 0.6 is 0 Å². The number of hydrogen-bond donors (Lipinski definition) is 0. The molecule has 1 aromatic rings. The van der Waals surface area contributed by atoms with Crippen molar-refractivity contribution in [2.45, 2.75) is 13.8 Å². The van der Waals surface area contributed by atoms with Crippen LogP contribution in [0.1, 0.15) is 12.5 Å². The fraction of sp³-hybridized carbons (Fsp3) is 0.500. The van der Waals surface area contributed by atoms with Gasteiger partial charge in [0.1, 0.15) is 0 Å². The highest BCUT2D eigenvalue weighted by Crippen LogP contribution is 2.16. The lowest BCUT2D eigenvalue weighted by molar-refractivity contribution is -0.133. The van der Waals surface area contributed by atoms with Crippen molar-refractivity contribution in [1.29, 1.82) is 0 Å². The van der Waals surface area contributed by atoms with Gasteiger partial charge >= 0.3 is 0 Å². The molecule has 0 bridgehead atoms. The molecular formula is C16H23N3O2. The molecule has 0 unspecified atom stereocenters. The van der Waals surface area contributed by atoms with Gasteiger partial charge in [-0.2, -0.15) is 0 Å². The van der Waals surface area contributed by atoms with E-state index in [1.54, 1.807) is 4.90 Å². The Morgan fingerprint density at radius 3 is 2.57 bits per heavy atom. The maximum absolute atomic E-state index is 12.4. The largest absolute Gasteiger partial charge is 0.362 e. The van der Waals surface area contributed by atoms with Crippen LogP contribution in [0.2, 0.25) is 0 Å². The molecule has 21 heavy (non-hydrogen) atoms. The number of rotatable bonds is 5. The van der Waals surface area contributed by atoms with Crippen molar-refractivity contribution >= 4 is 18.0 Å². The number of nitrogens with zero attached hydrogens (tertiary/aromatic N) is 3. The zero-order valence-corrected chi connectivity index (χ0v) is 12.8. The lowest BCUT2D eigenvalue weighted by atomic mass is 10.2. The first-order chi connectivity index (χ1) is 10.1. The summed E-state index contributed by atoms with van der Waals surface area (Å²) in [5, 5.41) is 0. The number of amides is 2. The van der Waals surface area contributed by atoms with E-state index in [-0.39, 0.29) is 5.91 Å². The predicted molar refractivity (Wildman–Crippen MR) is 83.3 cm³/mol. The molecule has 1 aliphatic rings. The van der Waals surface area contributed by atoms with E-state index >= 15 is 0 Å². The Hall–Kier alpha value is -2.04. The molecule has 1 aliphatic heterocycles. The van der Waals surface area contributed by atoms with Crippen LogP contribution in [0.15, 0.2) is 24.3 Å². The van der Waals surface area contributed by atoms with Crippen molar-refractivity contribution < 1.29 is 9.59 Å². The van der Waals surface area contributed by atoms with Crippen LogP contribution in [0.4, 0.5) is 5.69 Å². The summed E-state index contributed by atoms with van der Waals surface area (Å²) < 4.78 is 0. The standard InChI is InChI=1S/C16H23N3O2/c1-3-18(15-6-4-5-14(2)11-15)12-16(21)19-9-7-17(13-20)8-10-19/h4-6,11,13H,3,7-10,12H2,1-2H3. The van der Waals surface area contributed by atoms with Gasteiger partial charge in [0.25, 0.3) is 0 Å². The minimum Gasteiger partial charge on any atom is -0.362 e. The highest BCUT2D eigenvalue weighted by Gasteiger charge is 2.21. The van der Waals surface area contributed by atoms with E-state index in [1.807, 2.05) is 17.0 Å². The second-order valence-electron chi connectivity index (χ2n) is 5.38. The molecule has 2 rings (SSSR count). The van der Waals surface area contributed by atoms with Gasteiger partial charge in [-0.25, -0.2) is 0 Å². The molecule has 2 amide bonds. The fourth-order valence-corrected chi connectivity index (χ4v) is 2.55. The zero-order chi connectivity index (χ0) is 15.2. The van der Waals surface area contributed by atoms with Crippen LogP contribution in [-0.2, 0) is 9.59 Å². The number of piperazine rings is 1. The second-order valence-corrected chi connectivity index (χ2v) is 5.38. The van der Waals surface area contributed by atoms with Gasteiger partial charge in [0.05, 0.1) is 6.54 Å². The molecule has 1 saturated heterocycles. The minimum absolute atomic E-state index is 0.129. The highest BCUT2D eigenvalue weighted by molar-refractivity contribution is 5.81. The Morgan fingerprint density at radius 2 is 2.00 bits per heavy atom. The summed E-state index contributed by atoms with van der Waals surface area (Å²) >= 11 is 0. The summed E-state index contributed by atoms with van der Waals surface area (Å²) in [6.45, 7) is 7.81. The van der Waals surface area contributed by atoms with Gasteiger partial charge in [-0.05, 0) is 31.5 Å². The first kappa shape index (κ1) is 15.4. The molecule has 1 heterocycles. The van der Waals surface area contributed by atoms with Gasteiger partial charge in [-0.3, -0.25) is 9.59 Å². The van der Waals surface area contributed by atoms with Gasteiger partial charge in [0.2, 0.25) is 12.3 Å². The molecular weight excluding hydrogens is 266 g/mol. The summed E-state index contributed by atoms with van der Waals surface area (Å²) in [7, 11) is 0. The molecule has 0 spiro atoms. The first-order valence-corrected chi connectivity index (χ1v) is 7.42. The zero-order valence-electron chi connectivity index (χ0n) is 12.8. The molecule has 0 saturated carbocycles. The van der Waals surface area contributed by atoms with E-state index in [0.717, 1.165) is 18.6 Å². The quantitative estimate of drug-likeness (QED) is 0.763. The highest BCUT2D eigenvalue weighted by atomic mass is 16.2. The Balaban J connectivity index is 1.95.